The lowest BCUT2D eigenvalue weighted by Gasteiger charge is -2.03. The number of Topliss-reactive ketones (excluding diaryl/α,β-unsaturated/α-hetero) is 1. The summed E-state index contributed by atoms with van der Waals surface area (Å²) in [5.41, 5.74) is 3.57. The van der Waals surface area contributed by atoms with Gasteiger partial charge in [0.25, 0.3) is 0 Å². The normalized spacial score (nSPS) is 10.9. The van der Waals surface area contributed by atoms with Crippen molar-refractivity contribution in [1.29, 1.82) is 0 Å². The molecule has 0 spiro atoms. The SMILES string of the molecule is Cc1cc2cc(CC(=O)c3ccccc3Br)cnc2[nH]1. The van der Waals surface area contributed by atoms with Gasteiger partial charge in [-0.15, -0.1) is 0 Å². The Morgan fingerprint density at radius 2 is 2.10 bits per heavy atom. The van der Waals surface area contributed by atoms with E-state index < -0.39 is 0 Å². The topological polar surface area (TPSA) is 45.8 Å². The number of nitrogens with zero attached hydrogens (tertiary/aromatic N) is 1. The van der Waals surface area contributed by atoms with Crippen LogP contribution in [0.1, 0.15) is 21.6 Å². The maximum absolute atomic E-state index is 12.3. The second-order valence-corrected chi connectivity index (χ2v) is 5.67. The van der Waals surface area contributed by atoms with Gasteiger partial charge in [-0.3, -0.25) is 4.79 Å². The molecule has 2 aromatic heterocycles. The van der Waals surface area contributed by atoms with Crippen LogP contribution in [0.5, 0.6) is 0 Å². The highest BCUT2D eigenvalue weighted by atomic mass is 79.9. The minimum absolute atomic E-state index is 0.0888. The summed E-state index contributed by atoms with van der Waals surface area (Å²) < 4.78 is 0.830. The van der Waals surface area contributed by atoms with Crippen LogP contribution < -0.4 is 0 Å². The summed E-state index contributed by atoms with van der Waals surface area (Å²) in [7, 11) is 0. The third-order valence-electron chi connectivity index (χ3n) is 3.20. The van der Waals surface area contributed by atoms with Crippen LogP contribution in [0.25, 0.3) is 11.0 Å². The van der Waals surface area contributed by atoms with Gasteiger partial charge in [-0.2, -0.15) is 0 Å². The predicted octanol–water partition coefficient (Wildman–Crippen LogP) is 4.06. The second-order valence-electron chi connectivity index (χ2n) is 4.81. The van der Waals surface area contributed by atoms with Crippen molar-refractivity contribution < 1.29 is 4.79 Å². The molecule has 0 aliphatic rings. The number of hydrogen-bond acceptors (Lipinski definition) is 2. The lowest BCUT2D eigenvalue weighted by molar-refractivity contribution is 0.0992. The third kappa shape index (κ3) is 2.51. The van der Waals surface area contributed by atoms with Crippen LogP contribution in [0, 0.1) is 6.92 Å². The van der Waals surface area contributed by atoms with E-state index in [9.17, 15) is 4.79 Å². The quantitative estimate of drug-likeness (QED) is 0.737. The summed E-state index contributed by atoms with van der Waals surface area (Å²) in [5.74, 6) is 0.0888. The molecule has 0 saturated carbocycles. The van der Waals surface area contributed by atoms with Gasteiger partial charge in [0.1, 0.15) is 5.65 Å². The van der Waals surface area contributed by atoms with Crippen LogP contribution in [0.4, 0.5) is 0 Å². The van der Waals surface area contributed by atoms with E-state index in [1.807, 2.05) is 43.3 Å². The number of nitrogens with one attached hydrogen (secondary N) is 1. The van der Waals surface area contributed by atoms with E-state index in [1.165, 1.54) is 0 Å². The van der Waals surface area contributed by atoms with Crippen molar-refractivity contribution in [2.45, 2.75) is 13.3 Å². The minimum Gasteiger partial charge on any atom is -0.344 e. The Labute approximate surface area is 125 Å². The van der Waals surface area contributed by atoms with Crippen LogP contribution in [0.15, 0.2) is 47.1 Å². The molecule has 3 nitrogen and oxygen atoms in total. The summed E-state index contributed by atoms with van der Waals surface area (Å²) in [6.07, 6.45) is 2.11. The summed E-state index contributed by atoms with van der Waals surface area (Å²) in [6, 6.07) is 11.5. The zero-order valence-corrected chi connectivity index (χ0v) is 12.6. The molecule has 4 heteroatoms. The number of benzene rings is 1. The minimum atomic E-state index is 0.0888. The maximum atomic E-state index is 12.3. The fourth-order valence-corrected chi connectivity index (χ4v) is 2.77. The van der Waals surface area contributed by atoms with Gasteiger partial charge in [0.05, 0.1) is 0 Å². The molecule has 1 N–H and O–H groups in total. The average molecular weight is 329 g/mol. The Morgan fingerprint density at radius 1 is 1.30 bits per heavy atom. The van der Waals surface area contributed by atoms with Crippen LogP contribution >= 0.6 is 15.9 Å². The predicted molar refractivity (Wildman–Crippen MR) is 83.0 cm³/mol. The van der Waals surface area contributed by atoms with Crippen molar-refractivity contribution in [2.75, 3.05) is 0 Å². The van der Waals surface area contributed by atoms with Crippen molar-refractivity contribution in [2.24, 2.45) is 0 Å². The number of carbonyl (C=O) groups is 1. The molecular weight excluding hydrogens is 316 g/mol. The van der Waals surface area contributed by atoms with E-state index in [0.717, 1.165) is 26.8 Å². The van der Waals surface area contributed by atoms with Crippen LogP contribution in [-0.2, 0) is 6.42 Å². The smallest absolute Gasteiger partial charge is 0.168 e. The molecule has 0 aliphatic heterocycles. The first-order chi connectivity index (χ1) is 9.63. The highest BCUT2D eigenvalue weighted by molar-refractivity contribution is 9.10. The maximum Gasteiger partial charge on any atom is 0.168 e. The number of H-pyrrole nitrogens is 1. The molecule has 0 saturated heterocycles. The summed E-state index contributed by atoms with van der Waals surface area (Å²) in [5, 5.41) is 1.04. The van der Waals surface area contributed by atoms with Crippen LogP contribution in [-0.4, -0.2) is 15.8 Å². The van der Waals surface area contributed by atoms with E-state index in [1.54, 1.807) is 6.20 Å². The van der Waals surface area contributed by atoms with Gasteiger partial charge in [0, 0.05) is 33.7 Å². The average Bonchev–Trinajstić information content (AvgIpc) is 2.78. The first-order valence-electron chi connectivity index (χ1n) is 6.35. The molecule has 0 amide bonds. The number of carbonyl (C=O) groups excluding carboxylic acids is 1. The van der Waals surface area contributed by atoms with E-state index in [-0.39, 0.29) is 5.78 Å². The monoisotopic (exact) mass is 328 g/mol. The molecule has 1 aromatic carbocycles. The van der Waals surface area contributed by atoms with Gasteiger partial charge in [-0.05, 0) is 30.7 Å². The first kappa shape index (κ1) is 13.1. The van der Waals surface area contributed by atoms with Crippen LogP contribution in [0.3, 0.4) is 0 Å². The first-order valence-corrected chi connectivity index (χ1v) is 7.15. The zero-order chi connectivity index (χ0) is 14.1. The Kier molecular flexibility index (Phi) is 3.40. The Hall–Kier alpha value is -1.94. The molecule has 0 aliphatic carbocycles. The van der Waals surface area contributed by atoms with Crippen molar-refractivity contribution in [3.63, 3.8) is 0 Å². The summed E-state index contributed by atoms with van der Waals surface area (Å²) in [6.45, 7) is 1.99. The van der Waals surface area contributed by atoms with Gasteiger partial charge < -0.3 is 4.98 Å². The molecule has 20 heavy (non-hydrogen) atoms. The van der Waals surface area contributed by atoms with Crippen molar-refractivity contribution in [3.8, 4) is 0 Å². The van der Waals surface area contributed by atoms with Gasteiger partial charge in [-0.1, -0.05) is 34.1 Å². The number of rotatable bonds is 3. The van der Waals surface area contributed by atoms with E-state index in [2.05, 4.69) is 25.9 Å². The molecule has 3 rings (SSSR count). The van der Waals surface area contributed by atoms with Crippen molar-refractivity contribution in [3.05, 3.63) is 63.9 Å². The number of halogens is 1. The number of aryl methyl sites for hydroxylation is 1. The van der Waals surface area contributed by atoms with E-state index in [0.29, 0.717) is 12.0 Å². The summed E-state index contributed by atoms with van der Waals surface area (Å²) in [4.78, 5) is 19.8. The van der Waals surface area contributed by atoms with E-state index in [4.69, 9.17) is 0 Å². The van der Waals surface area contributed by atoms with Gasteiger partial charge in [-0.25, -0.2) is 4.98 Å². The largest absolute Gasteiger partial charge is 0.344 e. The Bertz CT molecular complexity index is 792. The number of aromatic nitrogens is 2. The second kappa shape index (κ2) is 5.21. The molecule has 0 radical (unpaired) electrons. The Morgan fingerprint density at radius 3 is 2.90 bits per heavy atom. The highest BCUT2D eigenvalue weighted by Crippen LogP contribution is 2.19. The lowest BCUT2D eigenvalue weighted by Crippen LogP contribution is -2.04. The number of hydrogen-bond donors (Lipinski definition) is 1. The van der Waals surface area contributed by atoms with Crippen LogP contribution in [0.2, 0.25) is 0 Å². The standard InChI is InChI=1S/C16H13BrN2O/c1-10-6-12-7-11(9-18-16(12)19-10)8-15(20)13-4-2-3-5-14(13)17/h2-7,9H,8H2,1H3,(H,18,19). The zero-order valence-electron chi connectivity index (χ0n) is 11.0. The Balaban J connectivity index is 1.89. The van der Waals surface area contributed by atoms with Gasteiger partial charge >= 0.3 is 0 Å². The molecule has 0 atom stereocenters. The number of ketones is 1. The molecule has 0 unspecified atom stereocenters. The molecule has 0 fully saturated rings. The fourth-order valence-electron chi connectivity index (χ4n) is 2.26. The number of pyridine rings is 1. The van der Waals surface area contributed by atoms with E-state index >= 15 is 0 Å². The fraction of sp³-hybridized carbons (Fsp3) is 0.125. The molecule has 0 bridgehead atoms. The molecular formula is C16H13BrN2O. The van der Waals surface area contributed by atoms with Crippen molar-refractivity contribution in [1.82, 2.24) is 9.97 Å². The van der Waals surface area contributed by atoms with Gasteiger partial charge in [0.2, 0.25) is 0 Å². The molecule has 3 aromatic rings. The summed E-state index contributed by atoms with van der Waals surface area (Å²) >= 11 is 3.41. The molecule has 100 valence electrons. The van der Waals surface area contributed by atoms with Crippen molar-refractivity contribution >= 4 is 32.7 Å². The number of aromatic amines is 1. The highest BCUT2D eigenvalue weighted by Gasteiger charge is 2.11. The molecule has 2 heterocycles. The third-order valence-corrected chi connectivity index (χ3v) is 3.89. The lowest BCUT2D eigenvalue weighted by atomic mass is 10.0. The van der Waals surface area contributed by atoms with Gasteiger partial charge in [0.15, 0.2) is 5.78 Å². The number of fused-ring (bicyclic) bond motifs is 1.